The summed E-state index contributed by atoms with van der Waals surface area (Å²) in [4.78, 5) is 13.0. The topological polar surface area (TPSA) is 35.5 Å². The molecule has 0 aliphatic carbocycles. The van der Waals surface area contributed by atoms with Gasteiger partial charge in [-0.25, -0.2) is 0 Å². The van der Waals surface area contributed by atoms with Crippen LogP contribution in [0.15, 0.2) is 34.1 Å². The number of carbonyl (C=O) groups excluding carboxylic acids is 1. The van der Waals surface area contributed by atoms with E-state index in [0.717, 1.165) is 0 Å². The monoisotopic (exact) mass is 326 g/mol. The quantitative estimate of drug-likeness (QED) is 0.802. The lowest BCUT2D eigenvalue weighted by molar-refractivity contribution is 0.103. The molecule has 0 unspecified atom stereocenters. The summed E-state index contributed by atoms with van der Waals surface area (Å²) in [6.45, 7) is 0. The Balaban J connectivity index is 2.53. The first-order valence-electron chi connectivity index (χ1n) is 5.17. The molecule has 1 aromatic carbocycles. The number of benzene rings is 1. The Bertz CT molecular complexity index is 564. The molecule has 5 heteroatoms. The van der Waals surface area contributed by atoms with Crippen LogP contribution in [0.1, 0.15) is 15.2 Å². The van der Waals surface area contributed by atoms with Crippen LogP contribution in [0.25, 0.3) is 0 Å². The van der Waals surface area contributed by atoms with E-state index in [9.17, 15) is 4.79 Å². The molecule has 1 aromatic heterocycles. The maximum absolute atomic E-state index is 12.4. The minimum Gasteiger partial charge on any atom is -0.497 e. The Labute approximate surface area is 117 Å². The molecule has 0 N–H and O–H groups in total. The number of carbonyl (C=O) groups is 1. The number of rotatable bonds is 4. The lowest BCUT2D eigenvalue weighted by Gasteiger charge is -2.11. The van der Waals surface area contributed by atoms with E-state index in [4.69, 9.17) is 9.47 Å². The molecule has 0 spiro atoms. The molecule has 18 heavy (non-hydrogen) atoms. The van der Waals surface area contributed by atoms with Gasteiger partial charge >= 0.3 is 0 Å². The van der Waals surface area contributed by atoms with E-state index in [1.165, 1.54) is 18.4 Å². The molecule has 0 fully saturated rings. The minimum atomic E-state index is -0.0589. The summed E-state index contributed by atoms with van der Waals surface area (Å²) >= 11 is 4.80. The summed E-state index contributed by atoms with van der Waals surface area (Å²) in [5.74, 6) is 1.08. The molecule has 94 valence electrons. The molecule has 0 amide bonds. The fourth-order valence-corrected chi connectivity index (χ4v) is 2.86. The van der Waals surface area contributed by atoms with Gasteiger partial charge in [-0.1, -0.05) is 6.07 Å². The van der Waals surface area contributed by atoms with E-state index in [2.05, 4.69) is 15.9 Å². The molecule has 0 bridgehead atoms. The maximum atomic E-state index is 12.4. The fraction of sp³-hybridized carbons (Fsp3) is 0.154. The largest absolute Gasteiger partial charge is 0.497 e. The molecule has 3 nitrogen and oxygen atoms in total. The van der Waals surface area contributed by atoms with Gasteiger partial charge in [0, 0.05) is 10.5 Å². The van der Waals surface area contributed by atoms with Crippen molar-refractivity contribution in [3.05, 3.63) is 44.6 Å². The summed E-state index contributed by atoms with van der Waals surface area (Å²) in [6, 6.07) is 7.10. The van der Waals surface area contributed by atoms with Crippen molar-refractivity contribution < 1.29 is 14.3 Å². The van der Waals surface area contributed by atoms with Crippen molar-refractivity contribution in [1.29, 1.82) is 0 Å². The van der Waals surface area contributed by atoms with Crippen molar-refractivity contribution in [3.8, 4) is 11.5 Å². The van der Waals surface area contributed by atoms with Crippen LogP contribution >= 0.6 is 27.3 Å². The van der Waals surface area contributed by atoms with Crippen molar-refractivity contribution in [1.82, 2.24) is 0 Å². The molecule has 2 aromatic rings. The van der Waals surface area contributed by atoms with E-state index < -0.39 is 0 Å². The summed E-state index contributed by atoms with van der Waals surface area (Å²) < 4.78 is 11.1. The SMILES string of the molecule is COc1cc(Br)c(C(=O)c2cccs2)c(OC)c1. The van der Waals surface area contributed by atoms with Gasteiger partial charge in [-0.2, -0.15) is 0 Å². The standard InChI is InChI=1S/C13H11BrO3S/c1-16-8-6-9(14)12(10(7-8)17-2)13(15)11-4-3-5-18-11/h3-7H,1-2H3. The third-order valence-corrected chi connectivity index (χ3v) is 3.95. The average Bonchev–Trinajstić information content (AvgIpc) is 2.90. The van der Waals surface area contributed by atoms with E-state index in [1.807, 2.05) is 11.4 Å². The fourth-order valence-electron chi connectivity index (χ4n) is 1.59. The molecule has 0 aliphatic heterocycles. The predicted molar refractivity (Wildman–Crippen MR) is 75.0 cm³/mol. The highest BCUT2D eigenvalue weighted by atomic mass is 79.9. The van der Waals surface area contributed by atoms with Crippen LogP contribution in [0.3, 0.4) is 0 Å². The van der Waals surface area contributed by atoms with Gasteiger partial charge in [0.25, 0.3) is 0 Å². The Kier molecular flexibility index (Phi) is 4.04. The van der Waals surface area contributed by atoms with Gasteiger partial charge in [-0.3, -0.25) is 4.79 Å². The van der Waals surface area contributed by atoms with Gasteiger partial charge in [-0.05, 0) is 33.4 Å². The van der Waals surface area contributed by atoms with Gasteiger partial charge in [0.15, 0.2) is 0 Å². The Morgan fingerprint density at radius 2 is 2.06 bits per heavy atom. The van der Waals surface area contributed by atoms with E-state index in [1.54, 1.807) is 25.3 Å². The Morgan fingerprint density at radius 1 is 1.28 bits per heavy atom. The number of thiophene rings is 1. The second-order valence-electron chi connectivity index (χ2n) is 3.49. The Hall–Kier alpha value is -1.33. The smallest absolute Gasteiger partial charge is 0.207 e. The third-order valence-electron chi connectivity index (χ3n) is 2.46. The highest BCUT2D eigenvalue weighted by Crippen LogP contribution is 2.34. The van der Waals surface area contributed by atoms with Gasteiger partial charge in [0.05, 0.1) is 24.7 Å². The first kappa shape index (κ1) is 13.1. The lowest BCUT2D eigenvalue weighted by atomic mass is 10.1. The summed E-state index contributed by atoms with van der Waals surface area (Å²) in [5, 5.41) is 1.87. The highest BCUT2D eigenvalue weighted by molar-refractivity contribution is 9.10. The van der Waals surface area contributed by atoms with E-state index in [0.29, 0.717) is 26.4 Å². The first-order chi connectivity index (χ1) is 8.67. The van der Waals surface area contributed by atoms with Crippen LogP contribution in [0, 0.1) is 0 Å². The van der Waals surface area contributed by atoms with Gasteiger partial charge in [0.1, 0.15) is 11.5 Å². The third kappa shape index (κ3) is 2.42. The highest BCUT2D eigenvalue weighted by Gasteiger charge is 2.20. The van der Waals surface area contributed by atoms with Crippen LogP contribution in [-0.2, 0) is 0 Å². The zero-order chi connectivity index (χ0) is 13.1. The second kappa shape index (κ2) is 5.54. The number of ketones is 1. The zero-order valence-corrected chi connectivity index (χ0v) is 12.3. The normalized spacial score (nSPS) is 10.2. The molecule has 0 atom stereocenters. The van der Waals surface area contributed by atoms with Crippen molar-refractivity contribution in [2.24, 2.45) is 0 Å². The van der Waals surface area contributed by atoms with Gasteiger partial charge in [0.2, 0.25) is 5.78 Å². The van der Waals surface area contributed by atoms with Crippen molar-refractivity contribution in [2.45, 2.75) is 0 Å². The van der Waals surface area contributed by atoms with Gasteiger partial charge < -0.3 is 9.47 Å². The summed E-state index contributed by atoms with van der Waals surface area (Å²) in [5.41, 5.74) is 0.515. The van der Waals surface area contributed by atoms with Crippen LogP contribution < -0.4 is 9.47 Å². The zero-order valence-electron chi connectivity index (χ0n) is 9.90. The van der Waals surface area contributed by atoms with Crippen molar-refractivity contribution in [2.75, 3.05) is 14.2 Å². The number of hydrogen-bond acceptors (Lipinski definition) is 4. The van der Waals surface area contributed by atoms with Crippen LogP contribution in [0.4, 0.5) is 0 Å². The Morgan fingerprint density at radius 3 is 2.61 bits per heavy atom. The number of ether oxygens (including phenoxy) is 2. The van der Waals surface area contributed by atoms with Crippen LogP contribution in [0.5, 0.6) is 11.5 Å². The van der Waals surface area contributed by atoms with Gasteiger partial charge in [-0.15, -0.1) is 11.3 Å². The van der Waals surface area contributed by atoms with Crippen molar-refractivity contribution >= 4 is 33.0 Å². The molecule has 0 radical (unpaired) electrons. The lowest BCUT2D eigenvalue weighted by Crippen LogP contribution is -2.04. The first-order valence-corrected chi connectivity index (χ1v) is 6.84. The summed E-state index contributed by atoms with van der Waals surface area (Å²) in [7, 11) is 3.11. The minimum absolute atomic E-state index is 0.0589. The number of methoxy groups -OCH3 is 2. The molecular formula is C13H11BrO3S. The van der Waals surface area contributed by atoms with E-state index >= 15 is 0 Å². The molecule has 0 aliphatic rings. The number of halogens is 1. The molecule has 1 heterocycles. The molecule has 0 saturated carbocycles. The van der Waals surface area contributed by atoms with Crippen molar-refractivity contribution in [3.63, 3.8) is 0 Å². The average molecular weight is 327 g/mol. The summed E-state index contributed by atoms with van der Waals surface area (Å²) in [6.07, 6.45) is 0. The molecule has 0 saturated heterocycles. The van der Waals surface area contributed by atoms with Crippen LogP contribution in [0.2, 0.25) is 0 Å². The maximum Gasteiger partial charge on any atom is 0.207 e. The molecule has 2 rings (SSSR count). The predicted octanol–water partition coefficient (Wildman–Crippen LogP) is 3.76. The van der Waals surface area contributed by atoms with E-state index in [-0.39, 0.29) is 5.78 Å². The van der Waals surface area contributed by atoms with Crippen LogP contribution in [-0.4, -0.2) is 20.0 Å². The molecular weight excluding hydrogens is 316 g/mol. The second-order valence-corrected chi connectivity index (χ2v) is 5.29. The number of hydrogen-bond donors (Lipinski definition) is 0.